The Morgan fingerprint density at radius 1 is 1.50 bits per heavy atom. The number of nitrogens with two attached hydrogens (primary N) is 1. The van der Waals surface area contributed by atoms with E-state index in [1.54, 1.807) is 25.3 Å². The van der Waals surface area contributed by atoms with E-state index < -0.39 is 0 Å². The van der Waals surface area contributed by atoms with Gasteiger partial charge >= 0.3 is 0 Å². The highest BCUT2D eigenvalue weighted by Gasteiger charge is 2.26. The largest absolute Gasteiger partial charge is 0.398 e. The average Bonchev–Trinajstić information content (AvgIpc) is 2.76. The quantitative estimate of drug-likeness (QED) is 0.826. The zero-order valence-electron chi connectivity index (χ0n) is 10.3. The van der Waals surface area contributed by atoms with Crippen molar-refractivity contribution < 1.29 is 9.53 Å². The van der Waals surface area contributed by atoms with Crippen molar-refractivity contribution in [3.63, 3.8) is 0 Å². The molecule has 18 heavy (non-hydrogen) atoms. The highest BCUT2D eigenvalue weighted by molar-refractivity contribution is 6.31. The summed E-state index contributed by atoms with van der Waals surface area (Å²) in [7, 11) is 1.70. The van der Waals surface area contributed by atoms with E-state index in [2.05, 4.69) is 5.32 Å². The van der Waals surface area contributed by atoms with E-state index in [0.717, 1.165) is 19.3 Å². The molecule has 0 saturated heterocycles. The SMILES string of the molecule is COC1CCC(NC(=O)c2ccc(Cl)cc2N)C1. The lowest BCUT2D eigenvalue weighted by molar-refractivity contribution is 0.0916. The number of methoxy groups -OCH3 is 1. The van der Waals surface area contributed by atoms with E-state index in [9.17, 15) is 4.79 Å². The Labute approximate surface area is 111 Å². The summed E-state index contributed by atoms with van der Waals surface area (Å²) in [6.07, 6.45) is 3.03. The number of hydrogen-bond donors (Lipinski definition) is 2. The van der Waals surface area contributed by atoms with Crippen molar-refractivity contribution in [3.05, 3.63) is 28.8 Å². The summed E-state index contributed by atoms with van der Waals surface area (Å²) in [6.45, 7) is 0. The first kappa shape index (κ1) is 13.2. The number of nitrogen functional groups attached to an aromatic ring is 1. The van der Waals surface area contributed by atoms with Crippen LogP contribution in [0.1, 0.15) is 29.6 Å². The molecule has 0 aliphatic heterocycles. The van der Waals surface area contributed by atoms with Crippen LogP contribution in [0, 0.1) is 0 Å². The van der Waals surface area contributed by atoms with Crippen molar-refractivity contribution in [2.45, 2.75) is 31.4 Å². The predicted octanol–water partition coefficient (Wildman–Crippen LogP) is 2.22. The first-order chi connectivity index (χ1) is 8.60. The van der Waals surface area contributed by atoms with Gasteiger partial charge in [-0.2, -0.15) is 0 Å². The molecule has 1 aromatic carbocycles. The minimum atomic E-state index is -0.147. The first-order valence-corrected chi connectivity index (χ1v) is 6.36. The average molecular weight is 269 g/mol. The Bertz CT molecular complexity index is 451. The summed E-state index contributed by atoms with van der Waals surface area (Å²) in [5.41, 5.74) is 6.66. The molecule has 2 rings (SSSR count). The highest BCUT2D eigenvalue weighted by Crippen LogP contribution is 2.23. The van der Waals surface area contributed by atoms with E-state index in [0.29, 0.717) is 16.3 Å². The van der Waals surface area contributed by atoms with Gasteiger partial charge in [-0.1, -0.05) is 11.6 Å². The third kappa shape index (κ3) is 2.94. The molecule has 1 saturated carbocycles. The second-order valence-corrected chi connectivity index (χ2v) is 5.01. The number of hydrogen-bond acceptors (Lipinski definition) is 3. The molecule has 1 fully saturated rings. The van der Waals surface area contributed by atoms with Crippen LogP contribution in [-0.2, 0) is 4.74 Å². The molecule has 0 aromatic heterocycles. The summed E-state index contributed by atoms with van der Waals surface area (Å²) in [5, 5.41) is 3.51. The zero-order chi connectivity index (χ0) is 13.1. The van der Waals surface area contributed by atoms with Crippen molar-refractivity contribution in [3.8, 4) is 0 Å². The molecule has 3 N–H and O–H groups in total. The second-order valence-electron chi connectivity index (χ2n) is 4.57. The molecule has 5 heteroatoms. The number of carbonyl (C=O) groups is 1. The van der Waals surface area contributed by atoms with E-state index in [4.69, 9.17) is 22.1 Å². The van der Waals surface area contributed by atoms with Gasteiger partial charge in [-0.15, -0.1) is 0 Å². The molecule has 4 nitrogen and oxygen atoms in total. The number of halogens is 1. The Balaban J connectivity index is 2.00. The zero-order valence-corrected chi connectivity index (χ0v) is 11.0. The van der Waals surface area contributed by atoms with Crippen molar-refractivity contribution in [2.24, 2.45) is 0 Å². The molecule has 0 bridgehead atoms. The molecule has 1 aliphatic rings. The van der Waals surface area contributed by atoms with Crippen LogP contribution in [0.15, 0.2) is 18.2 Å². The van der Waals surface area contributed by atoms with Gasteiger partial charge < -0.3 is 15.8 Å². The molecule has 1 aliphatic carbocycles. The van der Waals surface area contributed by atoms with Gasteiger partial charge in [-0.25, -0.2) is 0 Å². The topological polar surface area (TPSA) is 64.3 Å². The number of rotatable bonds is 3. The van der Waals surface area contributed by atoms with Crippen molar-refractivity contribution in [1.82, 2.24) is 5.32 Å². The fourth-order valence-corrected chi connectivity index (χ4v) is 2.47. The van der Waals surface area contributed by atoms with Crippen LogP contribution in [0.2, 0.25) is 5.02 Å². The van der Waals surface area contributed by atoms with Crippen LogP contribution in [0.3, 0.4) is 0 Å². The maximum Gasteiger partial charge on any atom is 0.253 e. The lowest BCUT2D eigenvalue weighted by Gasteiger charge is -2.14. The summed E-state index contributed by atoms with van der Waals surface area (Å²) in [6, 6.07) is 5.07. The normalized spacial score (nSPS) is 23.0. The number of ether oxygens (including phenoxy) is 1. The van der Waals surface area contributed by atoms with Crippen LogP contribution in [0.5, 0.6) is 0 Å². The Morgan fingerprint density at radius 3 is 2.89 bits per heavy atom. The van der Waals surface area contributed by atoms with E-state index in [-0.39, 0.29) is 18.1 Å². The van der Waals surface area contributed by atoms with Crippen molar-refractivity contribution in [1.29, 1.82) is 0 Å². The number of benzene rings is 1. The van der Waals surface area contributed by atoms with Gasteiger partial charge in [-0.3, -0.25) is 4.79 Å². The third-order valence-electron chi connectivity index (χ3n) is 3.31. The van der Waals surface area contributed by atoms with E-state index in [1.807, 2.05) is 0 Å². The second kappa shape index (κ2) is 5.59. The van der Waals surface area contributed by atoms with Crippen LogP contribution >= 0.6 is 11.6 Å². The molecular formula is C13H17ClN2O2. The Morgan fingerprint density at radius 2 is 2.28 bits per heavy atom. The summed E-state index contributed by atoms with van der Waals surface area (Å²) in [4.78, 5) is 12.1. The Hall–Kier alpha value is -1.26. The number of carbonyl (C=O) groups excluding carboxylic acids is 1. The van der Waals surface area contributed by atoms with Gasteiger partial charge in [0, 0.05) is 23.9 Å². The van der Waals surface area contributed by atoms with Gasteiger partial charge in [0.15, 0.2) is 0 Å². The van der Waals surface area contributed by atoms with Gasteiger partial charge in [0.1, 0.15) is 0 Å². The molecule has 2 unspecified atom stereocenters. The fourth-order valence-electron chi connectivity index (χ4n) is 2.29. The maximum absolute atomic E-state index is 12.1. The molecule has 1 amide bonds. The standard InChI is InChI=1S/C13H17ClN2O2/c1-18-10-4-3-9(7-10)16-13(17)11-5-2-8(14)6-12(11)15/h2,5-6,9-10H,3-4,7,15H2,1H3,(H,16,17). The molecule has 0 spiro atoms. The van der Waals surface area contributed by atoms with Gasteiger partial charge in [0.05, 0.1) is 11.7 Å². The first-order valence-electron chi connectivity index (χ1n) is 5.99. The van der Waals surface area contributed by atoms with E-state index >= 15 is 0 Å². The minimum absolute atomic E-state index is 0.147. The molecular weight excluding hydrogens is 252 g/mol. The van der Waals surface area contributed by atoms with Crippen LogP contribution < -0.4 is 11.1 Å². The highest BCUT2D eigenvalue weighted by atomic mass is 35.5. The molecule has 0 heterocycles. The molecule has 2 atom stereocenters. The fraction of sp³-hybridized carbons (Fsp3) is 0.462. The van der Waals surface area contributed by atoms with Gasteiger partial charge in [0.2, 0.25) is 0 Å². The molecule has 0 radical (unpaired) electrons. The monoisotopic (exact) mass is 268 g/mol. The van der Waals surface area contributed by atoms with Crippen LogP contribution in [0.25, 0.3) is 0 Å². The predicted molar refractivity (Wildman–Crippen MR) is 71.8 cm³/mol. The number of amides is 1. The van der Waals surface area contributed by atoms with Crippen LogP contribution in [0.4, 0.5) is 5.69 Å². The van der Waals surface area contributed by atoms with Crippen LogP contribution in [-0.4, -0.2) is 25.2 Å². The van der Waals surface area contributed by atoms with Gasteiger partial charge in [0.25, 0.3) is 5.91 Å². The van der Waals surface area contributed by atoms with Gasteiger partial charge in [-0.05, 0) is 37.5 Å². The van der Waals surface area contributed by atoms with Crippen molar-refractivity contribution in [2.75, 3.05) is 12.8 Å². The third-order valence-corrected chi connectivity index (χ3v) is 3.55. The maximum atomic E-state index is 12.1. The minimum Gasteiger partial charge on any atom is -0.398 e. The summed E-state index contributed by atoms with van der Waals surface area (Å²) < 4.78 is 5.27. The lowest BCUT2D eigenvalue weighted by Crippen LogP contribution is -2.33. The smallest absolute Gasteiger partial charge is 0.253 e. The van der Waals surface area contributed by atoms with E-state index in [1.165, 1.54) is 0 Å². The molecule has 1 aromatic rings. The number of nitrogens with one attached hydrogen (secondary N) is 1. The number of anilines is 1. The summed E-state index contributed by atoms with van der Waals surface area (Å²) >= 11 is 5.80. The molecule has 98 valence electrons. The lowest BCUT2D eigenvalue weighted by atomic mass is 10.1. The summed E-state index contributed by atoms with van der Waals surface area (Å²) in [5.74, 6) is -0.147. The Kier molecular flexibility index (Phi) is 4.09. The van der Waals surface area contributed by atoms with Crippen molar-refractivity contribution >= 4 is 23.2 Å².